The summed E-state index contributed by atoms with van der Waals surface area (Å²) in [7, 11) is 0. The van der Waals surface area contributed by atoms with Crippen molar-refractivity contribution in [1.82, 2.24) is 5.32 Å². The molecular weight excluding hydrogens is 269 g/mol. The van der Waals surface area contributed by atoms with Crippen LogP contribution in [0.15, 0.2) is 18.2 Å². The molecule has 0 spiro atoms. The van der Waals surface area contributed by atoms with E-state index in [0.29, 0.717) is 0 Å². The van der Waals surface area contributed by atoms with Gasteiger partial charge in [0.2, 0.25) is 0 Å². The fourth-order valence-electron chi connectivity index (χ4n) is 1.45. The van der Waals surface area contributed by atoms with Crippen molar-refractivity contribution in [1.29, 1.82) is 5.26 Å². The first kappa shape index (κ1) is 15.4. The van der Waals surface area contributed by atoms with Crippen LogP contribution in [0, 0.1) is 17.1 Å². The van der Waals surface area contributed by atoms with E-state index in [0.717, 1.165) is 6.07 Å². The maximum Gasteiger partial charge on any atom is 0.326 e. The van der Waals surface area contributed by atoms with Crippen LogP contribution in [0.1, 0.15) is 12.0 Å². The van der Waals surface area contributed by atoms with Gasteiger partial charge >= 0.3 is 12.0 Å². The van der Waals surface area contributed by atoms with Crippen molar-refractivity contribution in [3.05, 3.63) is 29.6 Å². The fraction of sp³-hybridized carbons (Fsp3) is 0.250. The van der Waals surface area contributed by atoms with Gasteiger partial charge in [-0.15, -0.1) is 0 Å². The lowest BCUT2D eigenvalue weighted by atomic mass is 10.2. The number of hydrogen-bond donors (Lipinski definition) is 4. The zero-order valence-corrected chi connectivity index (χ0v) is 10.3. The summed E-state index contributed by atoms with van der Waals surface area (Å²) in [6.45, 7) is -0.416. The second-order valence-corrected chi connectivity index (χ2v) is 3.78. The average molecular weight is 281 g/mol. The standard InChI is InChI=1S/C12H12FN3O4/c13-8-2-1-3-9(7(8)6-14)15-12(20)16-10(4-5-17)11(18)19/h1-3,10,17H,4-5H2,(H,18,19)(H2,15,16,20). The number of nitrogens with zero attached hydrogens (tertiary/aromatic N) is 1. The molecule has 0 bridgehead atoms. The summed E-state index contributed by atoms with van der Waals surface area (Å²) < 4.78 is 13.3. The fourth-order valence-corrected chi connectivity index (χ4v) is 1.45. The van der Waals surface area contributed by atoms with Gasteiger partial charge in [0, 0.05) is 13.0 Å². The summed E-state index contributed by atoms with van der Waals surface area (Å²) in [4.78, 5) is 22.4. The molecule has 2 amide bonds. The third-order valence-corrected chi connectivity index (χ3v) is 2.39. The number of carbonyl (C=O) groups is 2. The number of carboxylic acids is 1. The van der Waals surface area contributed by atoms with Gasteiger partial charge < -0.3 is 20.8 Å². The number of hydrogen-bond acceptors (Lipinski definition) is 4. The van der Waals surface area contributed by atoms with Crippen molar-refractivity contribution in [2.45, 2.75) is 12.5 Å². The molecule has 8 heteroatoms. The predicted molar refractivity (Wildman–Crippen MR) is 66.4 cm³/mol. The lowest BCUT2D eigenvalue weighted by molar-refractivity contribution is -0.139. The van der Waals surface area contributed by atoms with Crippen molar-refractivity contribution < 1.29 is 24.2 Å². The molecule has 106 valence electrons. The highest BCUT2D eigenvalue weighted by Crippen LogP contribution is 2.17. The van der Waals surface area contributed by atoms with E-state index in [1.807, 2.05) is 0 Å². The van der Waals surface area contributed by atoms with E-state index in [-0.39, 0.29) is 17.7 Å². The Morgan fingerprint density at radius 2 is 2.15 bits per heavy atom. The number of benzene rings is 1. The van der Waals surface area contributed by atoms with Crippen LogP contribution in [0.25, 0.3) is 0 Å². The molecule has 1 aromatic carbocycles. The number of aliphatic hydroxyl groups is 1. The van der Waals surface area contributed by atoms with Crippen LogP contribution in [0.3, 0.4) is 0 Å². The summed E-state index contributed by atoms with van der Waals surface area (Å²) in [6.07, 6.45) is -0.170. The third kappa shape index (κ3) is 3.93. The second kappa shape index (κ2) is 7.06. The molecule has 4 N–H and O–H groups in total. The number of carbonyl (C=O) groups excluding carboxylic acids is 1. The Labute approximate surface area is 113 Å². The number of urea groups is 1. The molecule has 0 aliphatic rings. The van der Waals surface area contributed by atoms with Crippen LogP contribution in [-0.4, -0.2) is 34.9 Å². The van der Waals surface area contributed by atoms with E-state index < -0.39 is 30.5 Å². The smallest absolute Gasteiger partial charge is 0.326 e. The summed E-state index contributed by atoms with van der Waals surface area (Å²) in [5, 5.41) is 30.5. The third-order valence-electron chi connectivity index (χ3n) is 2.39. The van der Waals surface area contributed by atoms with Crippen LogP contribution >= 0.6 is 0 Å². The van der Waals surface area contributed by atoms with Gasteiger partial charge in [-0.3, -0.25) is 0 Å². The van der Waals surface area contributed by atoms with Gasteiger partial charge in [-0.25, -0.2) is 14.0 Å². The molecule has 0 aliphatic heterocycles. The first-order chi connectivity index (χ1) is 9.49. The number of nitriles is 1. The Hall–Kier alpha value is -2.66. The number of anilines is 1. The second-order valence-electron chi connectivity index (χ2n) is 3.78. The van der Waals surface area contributed by atoms with Gasteiger partial charge in [-0.2, -0.15) is 5.26 Å². The lowest BCUT2D eigenvalue weighted by Crippen LogP contribution is -2.43. The van der Waals surface area contributed by atoms with Gasteiger partial charge in [0.25, 0.3) is 0 Å². The Balaban J connectivity index is 2.79. The SMILES string of the molecule is N#Cc1c(F)cccc1NC(=O)NC(CCO)C(=O)O. The number of nitrogens with one attached hydrogen (secondary N) is 2. The minimum Gasteiger partial charge on any atom is -0.480 e. The molecule has 0 aliphatic carbocycles. The van der Waals surface area contributed by atoms with E-state index >= 15 is 0 Å². The average Bonchev–Trinajstić information content (AvgIpc) is 2.38. The summed E-state index contributed by atoms with van der Waals surface area (Å²) in [6, 6.07) is 3.08. The largest absolute Gasteiger partial charge is 0.480 e. The number of halogens is 1. The molecule has 1 aromatic rings. The van der Waals surface area contributed by atoms with Crippen molar-refractivity contribution in [3.63, 3.8) is 0 Å². The maximum atomic E-state index is 13.3. The van der Waals surface area contributed by atoms with Crippen LogP contribution in [0.5, 0.6) is 0 Å². The van der Waals surface area contributed by atoms with E-state index in [1.54, 1.807) is 6.07 Å². The number of amides is 2. The highest BCUT2D eigenvalue weighted by atomic mass is 19.1. The van der Waals surface area contributed by atoms with Crippen LogP contribution in [0.4, 0.5) is 14.9 Å². The molecule has 0 saturated carbocycles. The first-order valence-electron chi connectivity index (χ1n) is 5.59. The summed E-state index contributed by atoms with van der Waals surface area (Å²) in [5.74, 6) is -2.11. The molecule has 0 heterocycles. The van der Waals surface area contributed by atoms with Gasteiger partial charge in [-0.05, 0) is 12.1 Å². The molecule has 0 radical (unpaired) electrons. The van der Waals surface area contributed by atoms with Crippen LogP contribution in [-0.2, 0) is 4.79 Å². The van der Waals surface area contributed by atoms with Crippen molar-refractivity contribution in [3.8, 4) is 6.07 Å². The van der Waals surface area contributed by atoms with E-state index in [1.165, 1.54) is 12.1 Å². The Kier molecular flexibility index (Phi) is 5.43. The number of rotatable bonds is 5. The van der Waals surface area contributed by atoms with Crippen LogP contribution in [0.2, 0.25) is 0 Å². The van der Waals surface area contributed by atoms with E-state index in [9.17, 15) is 14.0 Å². The predicted octanol–water partition coefficient (Wildman–Crippen LogP) is 0.654. The zero-order valence-electron chi connectivity index (χ0n) is 10.3. The highest BCUT2D eigenvalue weighted by Gasteiger charge is 2.20. The number of aliphatic carboxylic acids is 1. The normalized spacial score (nSPS) is 11.2. The molecule has 7 nitrogen and oxygen atoms in total. The quantitative estimate of drug-likeness (QED) is 0.631. The molecule has 0 fully saturated rings. The van der Waals surface area contributed by atoms with E-state index in [4.69, 9.17) is 15.5 Å². The van der Waals surface area contributed by atoms with Crippen molar-refractivity contribution in [2.75, 3.05) is 11.9 Å². The van der Waals surface area contributed by atoms with Gasteiger partial charge in [0.1, 0.15) is 23.5 Å². The zero-order chi connectivity index (χ0) is 15.1. The molecule has 20 heavy (non-hydrogen) atoms. The number of carboxylic acid groups (broad SMARTS) is 1. The molecule has 1 rings (SSSR count). The van der Waals surface area contributed by atoms with Crippen LogP contribution < -0.4 is 10.6 Å². The van der Waals surface area contributed by atoms with Gasteiger partial charge in [0.15, 0.2) is 0 Å². The Morgan fingerprint density at radius 1 is 1.45 bits per heavy atom. The summed E-state index contributed by atoms with van der Waals surface area (Å²) >= 11 is 0. The van der Waals surface area contributed by atoms with Gasteiger partial charge in [0.05, 0.1) is 5.69 Å². The van der Waals surface area contributed by atoms with Crippen molar-refractivity contribution >= 4 is 17.7 Å². The molecule has 0 aromatic heterocycles. The first-order valence-corrected chi connectivity index (χ1v) is 5.59. The topological polar surface area (TPSA) is 122 Å². The lowest BCUT2D eigenvalue weighted by Gasteiger charge is -2.14. The molecule has 1 atom stereocenters. The Bertz CT molecular complexity index is 556. The summed E-state index contributed by atoms with van der Waals surface area (Å²) in [5.41, 5.74) is -0.421. The van der Waals surface area contributed by atoms with Crippen molar-refractivity contribution in [2.24, 2.45) is 0 Å². The minimum absolute atomic E-state index is 0.0712. The van der Waals surface area contributed by atoms with E-state index in [2.05, 4.69) is 10.6 Å². The number of aliphatic hydroxyl groups excluding tert-OH is 1. The molecular formula is C12H12FN3O4. The monoisotopic (exact) mass is 281 g/mol. The minimum atomic E-state index is -1.31. The van der Waals surface area contributed by atoms with Gasteiger partial charge in [-0.1, -0.05) is 6.07 Å². The molecule has 0 saturated heterocycles. The Morgan fingerprint density at radius 3 is 2.70 bits per heavy atom. The highest BCUT2D eigenvalue weighted by molar-refractivity contribution is 5.93. The molecule has 1 unspecified atom stereocenters. The maximum absolute atomic E-state index is 13.3.